The van der Waals surface area contributed by atoms with E-state index in [0.29, 0.717) is 50.8 Å². The van der Waals surface area contributed by atoms with Crippen LogP contribution in [0.2, 0.25) is 0 Å². The molecule has 7 heteroatoms. The lowest BCUT2D eigenvalue weighted by molar-refractivity contribution is 0.0302. The second-order valence-electron chi connectivity index (χ2n) is 7.77. The zero-order chi connectivity index (χ0) is 20.9. The van der Waals surface area contributed by atoms with Crippen LogP contribution >= 0.6 is 0 Å². The first kappa shape index (κ1) is 20.3. The van der Waals surface area contributed by atoms with Crippen LogP contribution in [0.3, 0.4) is 0 Å². The molecule has 30 heavy (non-hydrogen) atoms. The maximum absolute atomic E-state index is 12.7. The Bertz CT molecular complexity index is 886. The Labute approximate surface area is 176 Å². The van der Waals surface area contributed by atoms with E-state index in [2.05, 4.69) is 4.98 Å². The lowest BCUT2D eigenvalue weighted by Gasteiger charge is -2.32. The van der Waals surface area contributed by atoms with Crippen LogP contribution in [0.1, 0.15) is 39.1 Å². The van der Waals surface area contributed by atoms with Gasteiger partial charge in [-0.05, 0) is 25.1 Å². The predicted molar refractivity (Wildman–Crippen MR) is 112 cm³/mol. The first-order chi connectivity index (χ1) is 14.6. The van der Waals surface area contributed by atoms with Gasteiger partial charge < -0.3 is 19.3 Å². The van der Waals surface area contributed by atoms with E-state index in [4.69, 9.17) is 9.47 Å². The molecule has 0 bridgehead atoms. The highest BCUT2D eigenvalue weighted by molar-refractivity contribution is 5.94. The normalized spacial score (nSPS) is 17.6. The summed E-state index contributed by atoms with van der Waals surface area (Å²) in [7, 11) is 0. The number of benzene rings is 1. The number of ether oxygens (including phenoxy) is 2. The number of aromatic nitrogens is 1. The lowest BCUT2D eigenvalue weighted by Crippen LogP contribution is -2.42. The van der Waals surface area contributed by atoms with Gasteiger partial charge in [-0.25, -0.2) is 4.98 Å². The Hall–Kier alpha value is -2.93. The summed E-state index contributed by atoms with van der Waals surface area (Å²) in [5.41, 5.74) is 2.38. The number of pyridine rings is 1. The van der Waals surface area contributed by atoms with Gasteiger partial charge in [-0.2, -0.15) is 0 Å². The number of likely N-dealkylation sites (tertiary alicyclic amines) is 1. The summed E-state index contributed by atoms with van der Waals surface area (Å²) in [6.45, 7) is 5.67. The highest BCUT2D eigenvalue weighted by Gasteiger charge is 2.25. The van der Waals surface area contributed by atoms with Gasteiger partial charge in [0.2, 0.25) is 5.88 Å². The molecule has 158 valence electrons. The lowest BCUT2D eigenvalue weighted by atomic mass is 10.1. The molecule has 2 aliphatic rings. The summed E-state index contributed by atoms with van der Waals surface area (Å²) in [6, 6.07) is 11.2. The van der Waals surface area contributed by atoms with Crippen molar-refractivity contribution in [3.8, 4) is 5.88 Å². The Balaban J connectivity index is 1.28. The van der Waals surface area contributed by atoms with Crippen molar-refractivity contribution >= 4 is 11.8 Å². The highest BCUT2D eigenvalue weighted by atomic mass is 16.5. The van der Waals surface area contributed by atoms with Crippen molar-refractivity contribution in [1.82, 2.24) is 14.8 Å². The molecule has 2 amide bonds. The van der Waals surface area contributed by atoms with Crippen LogP contribution in [-0.4, -0.2) is 72.1 Å². The minimum Gasteiger partial charge on any atom is -0.474 e. The molecular formula is C23H27N3O4. The summed E-state index contributed by atoms with van der Waals surface area (Å²) in [5, 5.41) is 0. The molecule has 0 saturated carbocycles. The van der Waals surface area contributed by atoms with E-state index in [9.17, 15) is 9.59 Å². The van der Waals surface area contributed by atoms with Crippen LogP contribution in [0.25, 0.3) is 0 Å². The Morgan fingerprint density at radius 3 is 2.33 bits per heavy atom. The topological polar surface area (TPSA) is 72.0 Å². The van der Waals surface area contributed by atoms with Gasteiger partial charge in [0.15, 0.2) is 0 Å². The van der Waals surface area contributed by atoms with Crippen LogP contribution in [0, 0.1) is 6.92 Å². The number of aryl methyl sites for hydroxylation is 1. The summed E-state index contributed by atoms with van der Waals surface area (Å²) < 4.78 is 11.3. The molecule has 0 aliphatic carbocycles. The van der Waals surface area contributed by atoms with Gasteiger partial charge in [0, 0.05) is 56.8 Å². The Morgan fingerprint density at radius 1 is 0.967 bits per heavy atom. The number of nitrogens with zero attached hydrogens (tertiary/aromatic N) is 3. The minimum atomic E-state index is -0.0275. The van der Waals surface area contributed by atoms with Crippen LogP contribution < -0.4 is 4.74 Å². The molecule has 0 atom stereocenters. The van der Waals surface area contributed by atoms with E-state index in [-0.39, 0.29) is 17.9 Å². The van der Waals surface area contributed by atoms with Crippen molar-refractivity contribution in [1.29, 1.82) is 0 Å². The number of piperidine rings is 1. The first-order valence-corrected chi connectivity index (χ1v) is 10.5. The van der Waals surface area contributed by atoms with E-state index in [1.54, 1.807) is 23.2 Å². The second kappa shape index (κ2) is 9.26. The summed E-state index contributed by atoms with van der Waals surface area (Å²) in [4.78, 5) is 33.1. The average Bonchev–Trinajstić information content (AvgIpc) is 2.80. The number of amides is 2. The van der Waals surface area contributed by atoms with Gasteiger partial charge in [-0.3, -0.25) is 9.59 Å². The third-order valence-corrected chi connectivity index (χ3v) is 5.56. The molecule has 0 unspecified atom stereocenters. The molecule has 0 radical (unpaired) electrons. The Kier molecular flexibility index (Phi) is 6.28. The van der Waals surface area contributed by atoms with Crippen molar-refractivity contribution in [2.45, 2.75) is 25.9 Å². The summed E-state index contributed by atoms with van der Waals surface area (Å²) in [6.07, 6.45) is 3.10. The maximum Gasteiger partial charge on any atom is 0.255 e. The molecule has 2 fully saturated rings. The third kappa shape index (κ3) is 4.79. The van der Waals surface area contributed by atoms with E-state index in [0.717, 1.165) is 24.0 Å². The monoisotopic (exact) mass is 409 g/mol. The van der Waals surface area contributed by atoms with Crippen LogP contribution in [0.4, 0.5) is 0 Å². The van der Waals surface area contributed by atoms with Crippen molar-refractivity contribution in [2.75, 3.05) is 39.4 Å². The van der Waals surface area contributed by atoms with Gasteiger partial charge in [0.1, 0.15) is 6.10 Å². The van der Waals surface area contributed by atoms with Gasteiger partial charge in [-0.15, -0.1) is 0 Å². The summed E-state index contributed by atoms with van der Waals surface area (Å²) in [5.74, 6) is 0.554. The zero-order valence-electron chi connectivity index (χ0n) is 17.3. The molecule has 2 aromatic rings. The van der Waals surface area contributed by atoms with Crippen molar-refractivity contribution < 1.29 is 19.1 Å². The average molecular weight is 409 g/mol. The number of hydrogen-bond acceptors (Lipinski definition) is 5. The molecule has 1 aromatic heterocycles. The number of morpholine rings is 1. The fourth-order valence-electron chi connectivity index (χ4n) is 3.83. The third-order valence-electron chi connectivity index (χ3n) is 5.56. The standard InChI is InChI=1S/C23H27N3O4/c1-17-3-2-4-18(15-17)22(27)25-9-7-20(8-10-25)30-21-6-5-19(16-24-21)23(28)26-11-13-29-14-12-26/h2-6,15-16,20H,7-14H2,1H3. The fourth-order valence-corrected chi connectivity index (χ4v) is 3.83. The highest BCUT2D eigenvalue weighted by Crippen LogP contribution is 2.20. The molecule has 1 aromatic carbocycles. The molecule has 3 heterocycles. The number of carbonyl (C=O) groups is 2. The summed E-state index contributed by atoms with van der Waals surface area (Å²) >= 11 is 0. The maximum atomic E-state index is 12.7. The predicted octanol–water partition coefficient (Wildman–Crippen LogP) is 2.55. The molecule has 7 nitrogen and oxygen atoms in total. The van der Waals surface area contributed by atoms with Gasteiger partial charge >= 0.3 is 0 Å². The largest absolute Gasteiger partial charge is 0.474 e. The zero-order valence-corrected chi connectivity index (χ0v) is 17.3. The minimum absolute atomic E-state index is 0.0138. The van der Waals surface area contributed by atoms with Crippen molar-refractivity contribution in [2.24, 2.45) is 0 Å². The van der Waals surface area contributed by atoms with E-state index >= 15 is 0 Å². The van der Waals surface area contributed by atoms with E-state index < -0.39 is 0 Å². The molecule has 0 N–H and O–H groups in total. The Morgan fingerprint density at radius 2 is 1.67 bits per heavy atom. The second-order valence-corrected chi connectivity index (χ2v) is 7.77. The van der Waals surface area contributed by atoms with Crippen LogP contribution in [0.15, 0.2) is 42.6 Å². The molecule has 2 saturated heterocycles. The van der Waals surface area contributed by atoms with Crippen LogP contribution in [0.5, 0.6) is 5.88 Å². The first-order valence-electron chi connectivity index (χ1n) is 10.5. The smallest absolute Gasteiger partial charge is 0.255 e. The molecule has 0 spiro atoms. The van der Waals surface area contributed by atoms with Gasteiger partial charge in [-0.1, -0.05) is 17.7 Å². The van der Waals surface area contributed by atoms with Crippen LogP contribution in [-0.2, 0) is 4.74 Å². The van der Waals surface area contributed by atoms with Gasteiger partial charge in [0.25, 0.3) is 11.8 Å². The van der Waals surface area contributed by atoms with E-state index in [1.165, 1.54) is 0 Å². The van der Waals surface area contributed by atoms with Gasteiger partial charge in [0.05, 0.1) is 18.8 Å². The van der Waals surface area contributed by atoms with Crippen molar-refractivity contribution in [3.05, 3.63) is 59.3 Å². The van der Waals surface area contributed by atoms with Crippen molar-refractivity contribution in [3.63, 3.8) is 0 Å². The quantitative estimate of drug-likeness (QED) is 0.776. The number of carbonyl (C=O) groups excluding carboxylic acids is 2. The molecule has 4 rings (SSSR count). The number of hydrogen-bond donors (Lipinski definition) is 0. The molecular weight excluding hydrogens is 382 g/mol. The molecule has 2 aliphatic heterocycles. The number of rotatable bonds is 4. The SMILES string of the molecule is Cc1cccc(C(=O)N2CCC(Oc3ccc(C(=O)N4CCOCC4)cn3)CC2)c1. The van der Waals surface area contributed by atoms with E-state index in [1.807, 2.05) is 36.1 Å². The fraction of sp³-hybridized carbons (Fsp3) is 0.435.